The first kappa shape index (κ1) is 26.6. The maximum absolute atomic E-state index is 15.0. The molecule has 1 unspecified atom stereocenters. The molecule has 1 aliphatic carbocycles. The van der Waals surface area contributed by atoms with E-state index in [2.05, 4.69) is 18.8 Å². The number of benzene rings is 2. The van der Waals surface area contributed by atoms with Gasteiger partial charge in [0, 0.05) is 18.1 Å². The Hall–Kier alpha value is -3.48. The van der Waals surface area contributed by atoms with Gasteiger partial charge in [0.05, 0.1) is 13.3 Å². The Morgan fingerprint density at radius 1 is 1.16 bits per heavy atom. The van der Waals surface area contributed by atoms with Crippen molar-refractivity contribution in [1.82, 2.24) is 4.98 Å². The van der Waals surface area contributed by atoms with Gasteiger partial charge < -0.3 is 14.6 Å². The first-order valence-electron chi connectivity index (χ1n) is 12.6. The zero-order valence-corrected chi connectivity index (χ0v) is 21.5. The van der Waals surface area contributed by atoms with Crippen LogP contribution in [-0.2, 0) is 17.8 Å². The zero-order chi connectivity index (χ0) is 26.6. The minimum Gasteiger partial charge on any atom is -0.486 e. The number of methoxy groups -OCH3 is 1. The lowest BCUT2D eigenvalue weighted by Crippen LogP contribution is -2.17. The highest BCUT2D eigenvalue weighted by molar-refractivity contribution is 5.70. The van der Waals surface area contributed by atoms with Crippen molar-refractivity contribution in [1.29, 1.82) is 0 Å². The number of carboxylic acids is 1. The lowest BCUT2D eigenvalue weighted by atomic mass is 9.75. The first-order valence-corrected chi connectivity index (χ1v) is 12.6. The van der Waals surface area contributed by atoms with Crippen LogP contribution in [0.2, 0.25) is 0 Å². The van der Waals surface area contributed by atoms with E-state index in [1.165, 1.54) is 13.3 Å². The van der Waals surface area contributed by atoms with Crippen LogP contribution in [0.1, 0.15) is 68.6 Å². The van der Waals surface area contributed by atoms with Gasteiger partial charge in [-0.1, -0.05) is 50.6 Å². The minimum atomic E-state index is -0.900. The van der Waals surface area contributed by atoms with E-state index in [0.29, 0.717) is 29.8 Å². The molecule has 1 atom stereocenters. The van der Waals surface area contributed by atoms with Crippen LogP contribution in [0.15, 0.2) is 48.7 Å². The van der Waals surface area contributed by atoms with E-state index < -0.39 is 17.6 Å². The summed E-state index contributed by atoms with van der Waals surface area (Å²) in [6.07, 6.45) is 5.03. The van der Waals surface area contributed by atoms with Gasteiger partial charge in [0.1, 0.15) is 12.4 Å². The summed E-state index contributed by atoms with van der Waals surface area (Å²) in [6.45, 7) is 4.64. The van der Waals surface area contributed by atoms with Gasteiger partial charge in [0.25, 0.3) is 0 Å². The summed E-state index contributed by atoms with van der Waals surface area (Å²) < 4.78 is 41.0. The summed E-state index contributed by atoms with van der Waals surface area (Å²) in [5.74, 6) is -1.07. The molecule has 37 heavy (non-hydrogen) atoms. The second-order valence-corrected chi connectivity index (χ2v) is 10.3. The van der Waals surface area contributed by atoms with E-state index in [0.717, 1.165) is 36.0 Å². The van der Waals surface area contributed by atoms with Crippen molar-refractivity contribution in [3.8, 4) is 22.8 Å². The van der Waals surface area contributed by atoms with Gasteiger partial charge in [0.2, 0.25) is 5.88 Å². The molecular weight excluding hydrogens is 476 g/mol. The third-order valence-corrected chi connectivity index (χ3v) is 7.35. The van der Waals surface area contributed by atoms with E-state index in [1.54, 1.807) is 24.3 Å². The third kappa shape index (κ3) is 6.09. The number of hydrogen-bond acceptors (Lipinski definition) is 4. The number of carboxylic acid groups (broad SMARTS) is 1. The maximum atomic E-state index is 15.0. The summed E-state index contributed by atoms with van der Waals surface area (Å²) in [4.78, 5) is 14.8. The second-order valence-electron chi connectivity index (χ2n) is 10.3. The van der Waals surface area contributed by atoms with Crippen molar-refractivity contribution in [3.05, 3.63) is 77.0 Å². The first-order chi connectivity index (χ1) is 17.7. The number of carbonyl (C=O) groups is 1. The molecule has 0 saturated heterocycles. The molecule has 1 N–H and O–H groups in total. The van der Waals surface area contributed by atoms with Gasteiger partial charge in [-0.3, -0.25) is 4.79 Å². The molecule has 1 heterocycles. The molecule has 3 aromatic rings. The molecular formula is C30H33F2NO4. The quantitative estimate of drug-likeness (QED) is 0.310. The second kappa shape index (κ2) is 11.3. The van der Waals surface area contributed by atoms with Crippen molar-refractivity contribution >= 4 is 5.97 Å². The molecule has 5 nitrogen and oxygen atoms in total. The lowest BCUT2D eigenvalue weighted by molar-refractivity contribution is -0.137. The largest absolute Gasteiger partial charge is 0.486 e. The monoisotopic (exact) mass is 509 g/mol. The Kier molecular flexibility index (Phi) is 8.10. The van der Waals surface area contributed by atoms with Crippen LogP contribution in [0.5, 0.6) is 11.6 Å². The van der Waals surface area contributed by atoms with Crippen LogP contribution in [0.3, 0.4) is 0 Å². The van der Waals surface area contributed by atoms with Gasteiger partial charge in [-0.2, -0.15) is 0 Å². The Morgan fingerprint density at radius 3 is 2.68 bits per heavy atom. The SMILES string of the molecule is COc1cc(-c2ccc(COc3cccc(CCCC(=O)O)c3F)cc2C2CCCC2(C)C)c(F)cn1. The minimum absolute atomic E-state index is 0.0128. The molecule has 1 saturated carbocycles. The Labute approximate surface area is 216 Å². The van der Waals surface area contributed by atoms with E-state index in [4.69, 9.17) is 14.6 Å². The molecule has 7 heteroatoms. The number of pyridine rings is 1. The predicted octanol–water partition coefficient (Wildman–Crippen LogP) is 7.32. The number of halogens is 2. The summed E-state index contributed by atoms with van der Waals surface area (Å²) in [5.41, 5.74) is 3.63. The maximum Gasteiger partial charge on any atom is 0.303 e. The standard InChI is InChI=1S/C30H33F2NO4/c1-30(2)14-6-9-24(30)22-15-19(12-13-21(22)23-16-27(36-3)33-17-25(23)31)18-37-26-10-4-7-20(29(26)32)8-5-11-28(34)35/h4,7,10,12-13,15-17,24H,5-6,8-9,11,14,18H2,1-3H3,(H,34,35). The molecule has 0 radical (unpaired) electrons. The van der Waals surface area contributed by atoms with Gasteiger partial charge in [-0.15, -0.1) is 0 Å². The molecule has 1 aromatic heterocycles. The molecule has 4 rings (SSSR count). The molecule has 0 aliphatic heterocycles. The van der Waals surface area contributed by atoms with E-state index in [9.17, 15) is 13.6 Å². The normalized spacial score (nSPS) is 16.5. The fraction of sp³-hybridized carbons (Fsp3) is 0.400. The Balaban J connectivity index is 1.63. The van der Waals surface area contributed by atoms with Crippen molar-refractivity contribution in [2.45, 2.75) is 64.9 Å². The van der Waals surface area contributed by atoms with Crippen LogP contribution in [-0.4, -0.2) is 23.2 Å². The van der Waals surface area contributed by atoms with E-state index in [-0.39, 0.29) is 30.1 Å². The molecule has 2 aromatic carbocycles. The number of aromatic nitrogens is 1. The average Bonchev–Trinajstić information content (AvgIpc) is 3.23. The van der Waals surface area contributed by atoms with Gasteiger partial charge in [-0.25, -0.2) is 13.8 Å². The van der Waals surface area contributed by atoms with Crippen LogP contribution in [0, 0.1) is 17.0 Å². The predicted molar refractivity (Wildman–Crippen MR) is 138 cm³/mol. The van der Waals surface area contributed by atoms with Crippen LogP contribution >= 0.6 is 0 Å². The zero-order valence-electron chi connectivity index (χ0n) is 21.5. The summed E-state index contributed by atoms with van der Waals surface area (Å²) in [7, 11) is 1.51. The lowest BCUT2D eigenvalue weighted by Gasteiger charge is -2.30. The van der Waals surface area contributed by atoms with Crippen molar-refractivity contribution < 1.29 is 28.2 Å². The summed E-state index contributed by atoms with van der Waals surface area (Å²) >= 11 is 0. The summed E-state index contributed by atoms with van der Waals surface area (Å²) in [6, 6.07) is 12.4. The molecule has 0 bridgehead atoms. The average molecular weight is 510 g/mol. The van der Waals surface area contributed by atoms with Gasteiger partial charge in [-0.05, 0) is 65.3 Å². The smallest absolute Gasteiger partial charge is 0.303 e. The molecule has 0 amide bonds. The van der Waals surface area contributed by atoms with Crippen LogP contribution in [0.4, 0.5) is 8.78 Å². The fourth-order valence-electron chi connectivity index (χ4n) is 5.33. The van der Waals surface area contributed by atoms with Gasteiger partial charge >= 0.3 is 5.97 Å². The number of rotatable bonds is 10. The summed E-state index contributed by atoms with van der Waals surface area (Å²) in [5, 5.41) is 8.84. The van der Waals surface area contributed by atoms with E-state index in [1.807, 2.05) is 18.2 Å². The van der Waals surface area contributed by atoms with Crippen LogP contribution < -0.4 is 9.47 Å². The molecule has 0 spiro atoms. The Morgan fingerprint density at radius 2 is 1.97 bits per heavy atom. The third-order valence-electron chi connectivity index (χ3n) is 7.35. The fourth-order valence-corrected chi connectivity index (χ4v) is 5.33. The van der Waals surface area contributed by atoms with Crippen molar-refractivity contribution in [2.24, 2.45) is 5.41 Å². The molecule has 1 fully saturated rings. The van der Waals surface area contributed by atoms with Crippen LogP contribution in [0.25, 0.3) is 11.1 Å². The number of hydrogen-bond donors (Lipinski definition) is 1. The molecule has 196 valence electrons. The highest BCUT2D eigenvalue weighted by Gasteiger charge is 2.37. The van der Waals surface area contributed by atoms with Crippen molar-refractivity contribution in [3.63, 3.8) is 0 Å². The number of aryl methyl sites for hydroxylation is 1. The molecule has 1 aliphatic rings. The number of nitrogens with zero attached hydrogens (tertiary/aromatic N) is 1. The van der Waals surface area contributed by atoms with E-state index >= 15 is 0 Å². The topological polar surface area (TPSA) is 68.7 Å². The highest BCUT2D eigenvalue weighted by Crippen LogP contribution is 2.51. The Bertz CT molecular complexity index is 1270. The highest BCUT2D eigenvalue weighted by atomic mass is 19.1. The van der Waals surface area contributed by atoms with Gasteiger partial charge in [0.15, 0.2) is 11.6 Å². The number of aliphatic carboxylic acids is 1. The number of ether oxygens (including phenoxy) is 2. The van der Waals surface area contributed by atoms with Crippen molar-refractivity contribution in [2.75, 3.05) is 7.11 Å².